The zero-order valence-corrected chi connectivity index (χ0v) is 13.0. The molecule has 0 aromatic carbocycles. The van der Waals surface area contributed by atoms with Crippen molar-refractivity contribution in [2.45, 2.75) is 12.7 Å². The van der Waals surface area contributed by atoms with Crippen molar-refractivity contribution in [3.05, 3.63) is 48.5 Å². The number of aromatic nitrogens is 4. The summed E-state index contributed by atoms with van der Waals surface area (Å²) < 4.78 is 39.5. The van der Waals surface area contributed by atoms with E-state index in [4.69, 9.17) is 0 Å². The van der Waals surface area contributed by atoms with Crippen molar-refractivity contribution in [3.8, 4) is 0 Å². The van der Waals surface area contributed by atoms with Crippen LogP contribution >= 0.6 is 0 Å². The average molecular weight is 352 g/mol. The first-order chi connectivity index (χ1) is 11.9. The van der Waals surface area contributed by atoms with Gasteiger partial charge in [0.2, 0.25) is 5.91 Å². The summed E-state index contributed by atoms with van der Waals surface area (Å²) in [6, 6.07) is 7.23. The Morgan fingerprint density at radius 1 is 1.20 bits per heavy atom. The van der Waals surface area contributed by atoms with Gasteiger partial charge in [-0.25, -0.2) is 4.98 Å². The van der Waals surface area contributed by atoms with Crippen LogP contribution in [0.4, 0.5) is 19.0 Å². The molecule has 3 heterocycles. The van der Waals surface area contributed by atoms with E-state index in [-0.39, 0.29) is 5.82 Å². The van der Waals surface area contributed by atoms with E-state index >= 15 is 0 Å². The van der Waals surface area contributed by atoms with E-state index in [1.807, 2.05) is 40.3 Å². The van der Waals surface area contributed by atoms with Gasteiger partial charge in [0, 0.05) is 24.7 Å². The molecule has 0 spiro atoms. The van der Waals surface area contributed by atoms with Gasteiger partial charge in [-0.1, -0.05) is 6.07 Å². The number of carbonyl (C=O) groups is 1. The number of hydrogen-bond donors (Lipinski definition) is 2. The number of nitrogens with zero attached hydrogens (tertiary/aromatic N) is 4. The van der Waals surface area contributed by atoms with Gasteiger partial charge < -0.3 is 15.0 Å². The van der Waals surface area contributed by atoms with E-state index in [0.717, 1.165) is 11.3 Å². The molecular formula is C15H15F3N6O. The number of carbonyl (C=O) groups excluding carboxylic acids is 1. The quantitative estimate of drug-likeness (QED) is 0.708. The maximum absolute atomic E-state index is 12.0. The Bertz CT molecular complexity index is 836. The number of amides is 1. The molecule has 0 bridgehead atoms. The van der Waals surface area contributed by atoms with Crippen molar-refractivity contribution in [2.24, 2.45) is 0 Å². The highest BCUT2D eigenvalue weighted by atomic mass is 19.4. The first-order valence-electron chi connectivity index (χ1n) is 7.42. The third kappa shape index (κ3) is 4.80. The number of alkyl halides is 3. The number of anilines is 1. The van der Waals surface area contributed by atoms with Gasteiger partial charge in [0.15, 0.2) is 5.82 Å². The number of halogens is 3. The fourth-order valence-corrected chi connectivity index (χ4v) is 2.25. The fraction of sp³-hybridized carbons (Fsp3) is 0.267. The van der Waals surface area contributed by atoms with E-state index < -0.39 is 25.2 Å². The molecule has 0 aliphatic heterocycles. The number of nitrogens with one attached hydrogen (secondary N) is 2. The predicted octanol–water partition coefficient (Wildman–Crippen LogP) is 1.67. The van der Waals surface area contributed by atoms with Gasteiger partial charge in [0.25, 0.3) is 0 Å². The largest absolute Gasteiger partial charge is 0.401 e. The lowest BCUT2D eigenvalue weighted by Gasteiger charge is -2.07. The molecule has 0 radical (unpaired) electrons. The molecule has 3 rings (SSSR count). The molecule has 25 heavy (non-hydrogen) atoms. The summed E-state index contributed by atoms with van der Waals surface area (Å²) in [5.74, 6) is -0.329. The lowest BCUT2D eigenvalue weighted by Crippen LogP contribution is -2.35. The maximum Gasteiger partial charge on any atom is 0.401 e. The summed E-state index contributed by atoms with van der Waals surface area (Å²) in [7, 11) is 0. The third-order valence-electron chi connectivity index (χ3n) is 3.26. The normalized spacial score (nSPS) is 11.8. The Labute approximate surface area is 140 Å². The van der Waals surface area contributed by atoms with Crippen LogP contribution in [0.3, 0.4) is 0 Å². The molecule has 0 saturated heterocycles. The second kappa shape index (κ2) is 6.93. The molecule has 0 atom stereocenters. The van der Waals surface area contributed by atoms with Gasteiger partial charge in [0.05, 0.1) is 25.3 Å². The summed E-state index contributed by atoms with van der Waals surface area (Å²) in [5.41, 5.74) is 1.60. The van der Waals surface area contributed by atoms with Crippen molar-refractivity contribution >= 4 is 17.4 Å². The molecule has 0 unspecified atom stereocenters. The summed E-state index contributed by atoms with van der Waals surface area (Å²) in [5, 5.41) is 8.62. The number of imidazole rings is 1. The lowest BCUT2D eigenvalue weighted by atomic mass is 10.5. The second-order valence-electron chi connectivity index (χ2n) is 5.36. The molecule has 1 amide bonds. The third-order valence-corrected chi connectivity index (χ3v) is 3.26. The highest BCUT2D eigenvalue weighted by Crippen LogP contribution is 2.12. The zero-order chi connectivity index (χ0) is 17.9. The molecule has 0 aliphatic rings. The first-order valence-corrected chi connectivity index (χ1v) is 7.42. The molecule has 132 valence electrons. The number of hydrogen-bond acceptors (Lipinski definition) is 4. The standard InChI is InChI=1S/C15H15F3N6O/c16-15(17,18)10-19-7-14(25)21-12-4-6-24(22-12)9-11-8-23-5-2-1-3-13(23)20-11/h1-6,8,19H,7,9-10H2,(H,21,22,25). The van der Waals surface area contributed by atoms with E-state index in [1.54, 1.807) is 16.9 Å². The zero-order valence-electron chi connectivity index (χ0n) is 13.0. The number of pyridine rings is 1. The summed E-state index contributed by atoms with van der Waals surface area (Å²) >= 11 is 0. The molecule has 7 nitrogen and oxygen atoms in total. The van der Waals surface area contributed by atoms with E-state index in [0.29, 0.717) is 6.54 Å². The lowest BCUT2D eigenvalue weighted by molar-refractivity contribution is -0.126. The molecule has 0 fully saturated rings. The van der Waals surface area contributed by atoms with Crippen LogP contribution < -0.4 is 10.6 Å². The smallest absolute Gasteiger partial charge is 0.308 e. The first kappa shape index (κ1) is 17.0. The molecule has 0 aliphatic carbocycles. The minimum atomic E-state index is -4.35. The van der Waals surface area contributed by atoms with Crippen molar-refractivity contribution in [3.63, 3.8) is 0 Å². The fourth-order valence-electron chi connectivity index (χ4n) is 2.25. The van der Waals surface area contributed by atoms with Crippen LogP contribution in [0.15, 0.2) is 42.9 Å². The van der Waals surface area contributed by atoms with Gasteiger partial charge in [-0.2, -0.15) is 18.3 Å². The Morgan fingerprint density at radius 3 is 2.80 bits per heavy atom. The van der Waals surface area contributed by atoms with Gasteiger partial charge in [0.1, 0.15) is 5.65 Å². The Hall–Kier alpha value is -2.88. The van der Waals surface area contributed by atoms with Crippen LogP contribution in [0.1, 0.15) is 5.69 Å². The number of rotatable bonds is 6. The minimum Gasteiger partial charge on any atom is -0.308 e. The Morgan fingerprint density at radius 2 is 2.04 bits per heavy atom. The molecule has 0 saturated carbocycles. The second-order valence-corrected chi connectivity index (χ2v) is 5.36. The molecule has 2 N–H and O–H groups in total. The highest BCUT2D eigenvalue weighted by molar-refractivity contribution is 5.91. The SMILES string of the molecule is O=C(CNCC(F)(F)F)Nc1ccn(Cc2cn3ccccc3n2)n1. The van der Waals surface area contributed by atoms with Crippen LogP contribution in [0.2, 0.25) is 0 Å². The van der Waals surface area contributed by atoms with Crippen molar-refractivity contribution < 1.29 is 18.0 Å². The van der Waals surface area contributed by atoms with Crippen molar-refractivity contribution in [2.75, 3.05) is 18.4 Å². The average Bonchev–Trinajstić information content (AvgIpc) is 3.12. The van der Waals surface area contributed by atoms with Gasteiger partial charge in [-0.15, -0.1) is 0 Å². The summed E-state index contributed by atoms with van der Waals surface area (Å²) in [6.07, 6.45) is 1.06. The Kier molecular flexibility index (Phi) is 4.70. The molecule has 3 aromatic rings. The van der Waals surface area contributed by atoms with Crippen LogP contribution in [-0.2, 0) is 11.3 Å². The Balaban J connectivity index is 1.54. The van der Waals surface area contributed by atoms with E-state index in [9.17, 15) is 18.0 Å². The number of fused-ring (bicyclic) bond motifs is 1. The van der Waals surface area contributed by atoms with Gasteiger partial charge in [-0.05, 0) is 12.1 Å². The summed E-state index contributed by atoms with van der Waals surface area (Å²) in [6.45, 7) is -1.26. The van der Waals surface area contributed by atoms with Gasteiger partial charge >= 0.3 is 6.18 Å². The van der Waals surface area contributed by atoms with Crippen LogP contribution in [0.5, 0.6) is 0 Å². The van der Waals surface area contributed by atoms with E-state index in [2.05, 4.69) is 15.4 Å². The summed E-state index contributed by atoms with van der Waals surface area (Å²) in [4.78, 5) is 16.0. The van der Waals surface area contributed by atoms with Crippen LogP contribution in [0, 0.1) is 0 Å². The van der Waals surface area contributed by atoms with Gasteiger partial charge in [-0.3, -0.25) is 9.48 Å². The predicted molar refractivity (Wildman–Crippen MR) is 84.1 cm³/mol. The van der Waals surface area contributed by atoms with E-state index in [1.165, 1.54) is 0 Å². The molecule has 10 heteroatoms. The monoisotopic (exact) mass is 352 g/mol. The van der Waals surface area contributed by atoms with Crippen molar-refractivity contribution in [1.82, 2.24) is 24.5 Å². The molecular weight excluding hydrogens is 337 g/mol. The van der Waals surface area contributed by atoms with Crippen molar-refractivity contribution in [1.29, 1.82) is 0 Å². The van der Waals surface area contributed by atoms with Crippen LogP contribution in [-0.4, -0.2) is 44.3 Å². The van der Waals surface area contributed by atoms with Crippen LogP contribution in [0.25, 0.3) is 5.65 Å². The minimum absolute atomic E-state index is 0.266. The topological polar surface area (TPSA) is 76.2 Å². The highest BCUT2D eigenvalue weighted by Gasteiger charge is 2.26. The maximum atomic E-state index is 12.0. The molecule has 3 aromatic heterocycles.